The minimum Gasteiger partial charge on any atom is -0.267 e. The molecule has 0 saturated heterocycles. The van der Waals surface area contributed by atoms with E-state index in [1.54, 1.807) is 4.57 Å². The summed E-state index contributed by atoms with van der Waals surface area (Å²) in [5.74, 6) is 0.885. The summed E-state index contributed by atoms with van der Waals surface area (Å²) in [4.78, 5) is 20.7. The van der Waals surface area contributed by atoms with Crippen molar-refractivity contribution >= 4 is 23.4 Å². The Bertz CT molecular complexity index is 735. The van der Waals surface area contributed by atoms with Gasteiger partial charge in [-0.2, -0.15) is 0 Å². The highest BCUT2D eigenvalue weighted by molar-refractivity contribution is 7.99. The van der Waals surface area contributed by atoms with Gasteiger partial charge in [-0.25, -0.2) is 19.9 Å². The fraction of sp³-hybridized carbons (Fsp3) is 0.538. The van der Waals surface area contributed by atoms with Crippen LogP contribution in [-0.2, 0) is 0 Å². The van der Waals surface area contributed by atoms with Crippen molar-refractivity contribution in [3.8, 4) is 0 Å². The molecular weight excluding hydrogens is 310 g/mol. The van der Waals surface area contributed by atoms with Gasteiger partial charge in [-0.15, -0.1) is 5.10 Å². The number of hydrogen-bond donors (Lipinski definition) is 1. The SMILES string of the molecule is Cc1c(Cl)nc(C(C)C)nc1Sc1n[nH]c(=O)n1C1CC1. The Hall–Kier alpha value is -1.34. The lowest BCUT2D eigenvalue weighted by atomic mass is 10.2. The zero-order valence-electron chi connectivity index (χ0n) is 12.1. The molecule has 1 N–H and O–H groups in total. The number of halogens is 1. The lowest BCUT2D eigenvalue weighted by molar-refractivity contribution is 0.641. The predicted molar refractivity (Wildman–Crippen MR) is 81.1 cm³/mol. The molecular formula is C13H16ClN5OS. The van der Waals surface area contributed by atoms with E-state index in [1.165, 1.54) is 11.8 Å². The lowest BCUT2D eigenvalue weighted by Gasteiger charge is -2.10. The first-order chi connectivity index (χ1) is 9.97. The summed E-state index contributed by atoms with van der Waals surface area (Å²) in [6, 6.07) is 0.265. The quantitative estimate of drug-likeness (QED) is 0.875. The van der Waals surface area contributed by atoms with Gasteiger partial charge < -0.3 is 0 Å². The average Bonchev–Trinajstić information content (AvgIpc) is 3.19. The van der Waals surface area contributed by atoms with Gasteiger partial charge in [-0.3, -0.25) is 4.57 Å². The van der Waals surface area contributed by atoms with E-state index in [0.717, 1.165) is 23.4 Å². The summed E-state index contributed by atoms with van der Waals surface area (Å²) in [7, 11) is 0. The lowest BCUT2D eigenvalue weighted by Crippen LogP contribution is -2.16. The Labute approximate surface area is 131 Å². The number of aromatic nitrogens is 5. The third-order valence-electron chi connectivity index (χ3n) is 3.35. The van der Waals surface area contributed by atoms with Crippen LogP contribution in [0.1, 0.15) is 50.0 Å². The van der Waals surface area contributed by atoms with Crippen LogP contribution in [0.15, 0.2) is 15.0 Å². The van der Waals surface area contributed by atoms with Crippen LogP contribution in [-0.4, -0.2) is 24.7 Å². The average molecular weight is 326 g/mol. The molecule has 0 aromatic carbocycles. The van der Waals surface area contributed by atoms with Crippen molar-refractivity contribution in [2.24, 2.45) is 0 Å². The zero-order valence-corrected chi connectivity index (χ0v) is 13.6. The standard InChI is InChI=1S/C13H16ClN5OS/c1-6(2)10-15-9(14)7(3)11(16-10)21-13-18-17-12(20)19(13)8-4-5-8/h6,8H,4-5H2,1-3H3,(H,17,20). The zero-order chi connectivity index (χ0) is 15.1. The highest BCUT2D eigenvalue weighted by Crippen LogP contribution is 2.38. The predicted octanol–water partition coefficient (Wildman–Crippen LogP) is 2.93. The van der Waals surface area contributed by atoms with Gasteiger partial charge in [-0.1, -0.05) is 25.4 Å². The molecule has 1 aliphatic carbocycles. The summed E-state index contributed by atoms with van der Waals surface area (Å²) >= 11 is 7.55. The summed E-state index contributed by atoms with van der Waals surface area (Å²) in [6.45, 7) is 5.91. The molecule has 0 aliphatic heterocycles. The maximum Gasteiger partial charge on any atom is 0.344 e. The van der Waals surface area contributed by atoms with Crippen molar-refractivity contribution in [2.45, 2.75) is 55.8 Å². The third-order valence-corrected chi connectivity index (χ3v) is 4.78. The van der Waals surface area contributed by atoms with Crippen LogP contribution in [0.25, 0.3) is 0 Å². The van der Waals surface area contributed by atoms with Gasteiger partial charge in [0.05, 0.1) is 0 Å². The van der Waals surface area contributed by atoms with Gasteiger partial charge in [-0.05, 0) is 31.5 Å². The molecule has 6 nitrogen and oxygen atoms in total. The number of nitrogens with zero attached hydrogens (tertiary/aromatic N) is 4. The first kappa shape index (κ1) is 14.6. The molecule has 1 saturated carbocycles. The first-order valence-electron chi connectivity index (χ1n) is 6.86. The highest BCUT2D eigenvalue weighted by Gasteiger charge is 2.29. The van der Waals surface area contributed by atoms with E-state index < -0.39 is 0 Å². The van der Waals surface area contributed by atoms with Crippen LogP contribution in [0.3, 0.4) is 0 Å². The fourth-order valence-electron chi connectivity index (χ4n) is 1.95. The van der Waals surface area contributed by atoms with E-state index in [0.29, 0.717) is 16.1 Å². The Balaban J connectivity index is 2.00. The van der Waals surface area contributed by atoms with Gasteiger partial charge >= 0.3 is 5.69 Å². The number of hydrogen-bond acceptors (Lipinski definition) is 5. The van der Waals surface area contributed by atoms with E-state index in [2.05, 4.69) is 20.2 Å². The van der Waals surface area contributed by atoms with E-state index in [-0.39, 0.29) is 17.6 Å². The van der Waals surface area contributed by atoms with Crippen molar-refractivity contribution in [1.29, 1.82) is 0 Å². The minimum absolute atomic E-state index is 0.165. The summed E-state index contributed by atoms with van der Waals surface area (Å²) in [5, 5.41) is 8.45. The van der Waals surface area contributed by atoms with Crippen molar-refractivity contribution in [3.63, 3.8) is 0 Å². The van der Waals surface area contributed by atoms with Crippen molar-refractivity contribution in [2.75, 3.05) is 0 Å². The van der Waals surface area contributed by atoms with Crippen LogP contribution in [0, 0.1) is 6.92 Å². The minimum atomic E-state index is -0.165. The van der Waals surface area contributed by atoms with Crippen LogP contribution in [0.5, 0.6) is 0 Å². The van der Waals surface area contributed by atoms with Crippen molar-refractivity contribution in [1.82, 2.24) is 24.7 Å². The molecule has 2 aromatic rings. The van der Waals surface area contributed by atoms with Gasteiger partial charge in [0, 0.05) is 17.5 Å². The van der Waals surface area contributed by atoms with E-state index >= 15 is 0 Å². The van der Waals surface area contributed by atoms with Gasteiger partial charge in [0.2, 0.25) is 0 Å². The topological polar surface area (TPSA) is 76.5 Å². The van der Waals surface area contributed by atoms with Crippen LogP contribution < -0.4 is 5.69 Å². The molecule has 0 amide bonds. The second-order valence-corrected chi connectivity index (χ2v) is 6.79. The second kappa shape index (κ2) is 5.46. The summed E-state index contributed by atoms with van der Waals surface area (Å²) in [5.41, 5.74) is 0.644. The number of rotatable bonds is 4. The largest absolute Gasteiger partial charge is 0.344 e. The molecule has 0 radical (unpaired) electrons. The molecule has 112 valence electrons. The maximum absolute atomic E-state index is 11.8. The smallest absolute Gasteiger partial charge is 0.267 e. The van der Waals surface area contributed by atoms with Crippen molar-refractivity contribution < 1.29 is 0 Å². The summed E-state index contributed by atoms with van der Waals surface area (Å²) in [6.07, 6.45) is 2.04. The molecule has 2 aromatic heterocycles. The van der Waals surface area contributed by atoms with Gasteiger partial charge in [0.25, 0.3) is 0 Å². The molecule has 2 heterocycles. The molecule has 1 fully saturated rings. The van der Waals surface area contributed by atoms with Crippen molar-refractivity contribution in [3.05, 3.63) is 27.0 Å². The Morgan fingerprint density at radius 1 is 1.38 bits per heavy atom. The van der Waals surface area contributed by atoms with E-state index in [1.807, 2.05) is 20.8 Å². The van der Waals surface area contributed by atoms with Crippen LogP contribution in [0.2, 0.25) is 5.15 Å². The van der Waals surface area contributed by atoms with E-state index in [9.17, 15) is 4.79 Å². The molecule has 0 spiro atoms. The molecule has 0 bridgehead atoms. The normalized spacial score (nSPS) is 14.9. The monoisotopic (exact) mass is 325 g/mol. The fourth-order valence-corrected chi connectivity index (χ4v) is 3.16. The molecule has 3 rings (SSSR count). The highest BCUT2D eigenvalue weighted by atomic mass is 35.5. The molecule has 0 unspecified atom stereocenters. The Kier molecular flexibility index (Phi) is 3.79. The number of H-pyrrole nitrogens is 1. The van der Waals surface area contributed by atoms with E-state index in [4.69, 9.17) is 11.6 Å². The number of aromatic amines is 1. The number of nitrogens with one attached hydrogen (secondary N) is 1. The molecule has 21 heavy (non-hydrogen) atoms. The molecule has 0 atom stereocenters. The first-order valence-corrected chi connectivity index (χ1v) is 8.05. The Morgan fingerprint density at radius 3 is 2.71 bits per heavy atom. The molecule has 1 aliphatic rings. The van der Waals surface area contributed by atoms with Crippen LogP contribution in [0.4, 0.5) is 0 Å². The second-order valence-electron chi connectivity index (χ2n) is 5.47. The Morgan fingerprint density at radius 2 is 2.10 bits per heavy atom. The summed E-state index contributed by atoms with van der Waals surface area (Å²) < 4.78 is 1.70. The third kappa shape index (κ3) is 2.85. The maximum atomic E-state index is 11.8. The van der Waals surface area contributed by atoms with Crippen LogP contribution >= 0.6 is 23.4 Å². The van der Waals surface area contributed by atoms with Gasteiger partial charge in [0.1, 0.15) is 16.0 Å². The van der Waals surface area contributed by atoms with Gasteiger partial charge in [0.15, 0.2) is 5.16 Å². The molecule has 8 heteroatoms.